The van der Waals surface area contributed by atoms with Gasteiger partial charge in [0.1, 0.15) is 4.83 Å². The zero-order valence-corrected chi connectivity index (χ0v) is 13.8. The zero-order valence-electron chi connectivity index (χ0n) is 13.0. The van der Waals surface area contributed by atoms with Crippen LogP contribution in [0.15, 0.2) is 91.0 Å². The highest BCUT2D eigenvalue weighted by atomic mass is 32.1. The lowest BCUT2D eigenvalue weighted by Crippen LogP contribution is -1.84. The molecule has 0 radical (unpaired) electrons. The van der Waals surface area contributed by atoms with Crippen molar-refractivity contribution in [1.82, 2.24) is 4.40 Å². The molecule has 0 saturated carbocycles. The van der Waals surface area contributed by atoms with Crippen molar-refractivity contribution in [2.45, 2.75) is 0 Å². The topological polar surface area (TPSA) is 4.41 Å². The molecule has 114 valence electrons. The maximum Gasteiger partial charge on any atom is 0.109 e. The van der Waals surface area contributed by atoms with Crippen LogP contribution in [0.4, 0.5) is 0 Å². The van der Waals surface area contributed by atoms with Gasteiger partial charge in [0.2, 0.25) is 0 Å². The Hall–Kier alpha value is -2.84. The number of rotatable bonds is 2. The van der Waals surface area contributed by atoms with E-state index in [1.807, 2.05) is 11.3 Å². The molecule has 2 heteroatoms. The third-order valence-corrected chi connectivity index (χ3v) is 5.58. The molecular weight excluding hydrogens is 310 g/mol. The third-order valence-electron chi connectivity index (χ3n) is 4.42. The van der Waals surface area contributed by atoms with E-state index in [1.54, 1.807) is 0 Å². The minimum atomic E-state index is 1.25. The highest BCUT2D eigenvalue weighted by Gasteiger charge is 2.16. The second-order valence-electron chi connectivity index (χ2n) is 5.89. The lowest BCUT2D eigenvalue weighted by Gasteiger charge is -2.01. The molecule has 1 nitrogen and oxygen atoms in total. The standard InChI is InChI=1S/C22H15NS/c1-3-9-16(10-4-1)18-15-20(17-11-5-2-6-12-17)23-19-13-7-8-14-21(19)24-22(18)23/h1-15H. The molecule has 0 N–H and O–H groups in total. The van der Waals surface area contributed by atoms with Gasteiger partial charge in [-0.25, -0.2) is 0 Å². The number of benzene rings is 3. The number of fused-ring (bicyclic) bond motifs is 3. The molecule has 0 aliphatic carbocycles. The highest BCUT2D eigenvalue weighted by molar-refractivity contribution is 7.24. The highest BCUT2D eigenvalue weighted by Crippen LogP contribution is 2.40. The van der Waals surface area contributed by atoms with Crippen LogP contribution in [0.3, 0.4) is 0 Å². The van der Waals surface area contributed by atoms with E-state index in [1.165, 1.54) is 37.4 Å². The number of para-hydroxylation sites is 1. The molecule has 24 heavy (non-hydrogen) atoms. The molecule has 0 aliphatic rings. The van der Waals surface area contributed by atoms with E-state index >= 15 is 0 Å². The minimum Gasteiger partial charge on any atom is -0.299 e. The average Bonchev–Trinajstić information content (AvgIpc) is 3.20. The van der Waals surface area contributed by atoms with Crippen molar-refractivity contribution in [3.05, 3.63) is 91.0 Å². The van der Waals surface area contributed by atoms with Crippen LogP contribution < -0.4 is 0 Å². The molecule has 0 aliphatic heterocycles. The summed E-state index contributed by atoms with van der Waals surface area (Å²) in [6, 6.07) is 32.3. The van der Waals surface area contributed by atoms with Crippen LogP contribution >= 0.6 is 11.3 Å². The quantitative estimate of drug-likeness (QED) is 0.349. The molecule has 0 unspecified atom stereocenters. The molecule has 5 aromatic rings. The largest absolute Gasteiger partial charge is 0.299 e. The Labute approximate surface area is 144 Å². The van der Waals surface area contributed by atoms with Crippen LogP contribution in [0.5, 0.6) is 0 Å². The number of nitrogens with zero attached hydrogens (tertiary/aromatic N) is 1. The zero-order chi connectivity index (χ0) is 15.9. The normalized spacial score (nSPS) is 11.3. The first-order chi connectivity index (χ1) is 11.9. The second kappa shape index (κ2) is 5.36. The van der Waals surface area contributed by atoms with Crippen molar-refractivity contribution in [3.63, 3.8) is 0 Å². The summed E-state index contributed by atoms with van der Waals surface area (Å²) in [7, 11) is 0. The molecule has 0 saturated heterocycles. The van der Waals surface area contributed by atoms with Gasteiger partial charge in [0.05, 0.1) is 15.9 Å². The van der Waals surface area contributed by atoms with Crippen LogP contribution in [0, 0.1) is 0 Å². The predicted molar refractivity (Wildman–Crippen MR) is 104 cm³/mol. The number of thiazole rings is 1. The molecule has 0 bridgehead atoms. The summed E-state index contributed by atoms with van der Waals surface area (Å²) in [5.41, 5.74) is 6.35. The maximum absolute atomic E-state index is 2.40. The summed E-state index contributed by atoms with van der Waals surface area (Å²) in [4.78, 5) is 1.31. The Balaban J connectivity index is 1.92. The Morgan fingerprint density at radius 2 is 1.25 bits per heavy atom. The summed E-state index contributed by atoms with van der Waals surface area (Å²) in [6.07, 6.45) is 0. The second-order valence-corrected chi connectivity index (χ2v) is 6.92. The van der Waals surface area contributed by atoms with E-state index in [-0.39, 0.29) is 0 Å². The smallest absolute Gasteiger partial charge is 0.109 e. The van der Waals surface area contributed by atoms with E-state index in [9.17, 15) is 0 Å². The number of aromatic nitrogens is 1. The van der Waals surface area contributed by atoms with E-state index in [0.717, 1.165) is 0 Å². The van der Waals surface area contributed by atoms with Gasteiger partial charge in [-0.1, -0.05) is 72.8 Å². The molecule has 0 fully saturated rings. The Kier molecular flexibility index (Phi) is 3.03. The maximum atomic E-state index is 2.40. The Bertz CT molecular complexity index is 1130. The summed E-state index contributed by atoms with van der Waals surface area (Å²) < 4.78 is 3.72. The Morgan fingerprint density at radius 3 is 2.00 bits per heavy atom. The molecule has 0 spiro atoms. The molecule has 2 heterocycles. The summed E-state index contributed by atoms with van der Waals surface area (Å²) >= 11 is 1.86. The summed E-state index contributed by atoms with van der Waals surface area (Å²) in [5, 5.41) is 0. The van der Waals surface area contributed by atoms with Crippen molar-refractivity contribution >= 4 is 26.4 Å². The van der Waals surface area contributed by atoms with E-state index in [0.29, 0.717) is 0 Å². The van der Waals surface area contributed by atoms with Gasteiger partial charge in [-0.15, -0.1) is 11.3 Å². The third kappa shape index (κ3) is 2.00. The van der Waals surface area contributed by atoms with E-state index in [4.69, 9.17) is 0 Å². The van der Waals surface area contributed by atoms with Gasteiger partial charge in [-0.3, -0.25) is 4.40 Å². The van der Waals surface area contributed by atoms with Crippen molar-refractivity contribution < 1.29 is 0 Å². The minimum absolute atomic E-state index is 1.25. The first kappa shape index (κ1) is 13.6. The van der Waals surface area contributed by atoms with Gasteiger partial charge >= 0.3 is 0 Å². The van der Waals surface area contributed by atoms with Gasteiger partial charge in [0, 0.05) is 5.56 Å². The summed E-state index contributed by atoms with van der Waals surface area (Å²) in [5.74, 6) is 0. The Morgan fingerprint density at radius 1 is 0.625 bits per heavy atom. The molecule has 0 atom stereocenters. The van der Waals surface area contributed by atoms with Crippen LogP contribution in [-0.4, -0.2) is 4.40 Å². The van der Waals surface area contributed by atoms with Crippen molar-refractivity contribution in [2.24, 2.45) is 0 Å². The fourth-order valence-electron chi connectivity index (χ4n) is 3.31. The first-order valence-corrected chi connectivity index (χ1v) is 8.87. The first-order valence-electron chi connectivity index (χ1n) is 8.06. The lowest BCUT2D eigenvalue weighted by molar-refractivity contribution is 1.30. The predicted octanol–water partition coefficient (Wildman–Crippen LogP) is 6.49. The summed E-state index contributed by atoms with van der Waals surface area (Å²) in [6.45, 7) is 0. The number of hydrogen-bond donors (Lipinski definition) is 0. The molecule has 5 rings (SSSR count). The molecule has 3 aromatic carbocycles. The fourth-order valence-corrected chi connectivity index (χ4v) is 4.50. The van der Waals surface area contributed by atoms with Gasteiger partial charge in [-0.05, 0) is 29.3 Å². The van der Waals surface area contributed by atoms with Gasteiger partial charge < -0.3 is 0 Å². The van der Waals surface area contributed by atoms with E-state index in [2.05, 4.69) is 95.4 Å². The van der Waals surface area contributed by atoms with Gasteiger partial charge in [0.15, 0.2) is 0 Å². The monoisotopic (exact) mass is 325 g/mol. The van der Waals surface area contributed by atoms with Gasteiger partial charge in [0.25, 0.3) is 0 Å². The van der Waals surface area contributed by atoms with Crippen LogP contribution in [-0.2, 0) is 0 Å². The molecule has 2 aromatic heterocycles. The molecular formula is C22H15NS. The van der Waals surface area contributed by atoms with Crippen molar-refractivity contribution in [3.8, 4) is 22.4 Å². The van der Waals surface area contributed by atoms with E-state index < -0.39 is 0 Å². The van der Waals surface area contributed by atoms with Crippen LogP contribution in [0.1, 0.15) is 0 Å². The van der Waals surface area contributed by atoms with Crippen molar-refractivity contribution in [2.75, 3.05) is 0 Å². The number of hydrogen-bond acceptors (Lipinski definition) is 1. The van der Waals surface area contributed by atoms with Gasteiger partial charge in [-0.2, -0.15) is 0 Å². The molecule has 0 amide bonds. The van der Waals surface area contributed by atoms with Crippen LogP contribution in [0.2, 0.25) is 0 Å². The van der Waals surface area contributed by atoms with Crippen molar-refractivity contribution in [1.29, 1.82) is 0 Å². The average molecular weight is 325 g/mol. The SMILES string of the molecule is c1ccc(-c2cc(-c3ccccc3)n3c2sc2ccccc23)cc1. The fraction of sp³-hybridized carbons (Fsp3) is 0. The van der Waals surface area contributed by atoms with Crippen LogP contribution in [0.25, 0.3) is 37.4 Å². The lowest BCUT2D eigenvalue weighted by atomic mass is 10.1.